The number of hydrogen-bond acceptors (Lipinski definition) is 7. The first-order valence-corrected chi connectivity index (χ1v) is 6.99. The Bertz CT molecular complexity index is 655. The van der Waals surface area contributed by atoms with Crippen LogP contribution in [0, 0.1) is 10.1 Å². The van der Waals surface area contributed by atoms with Crippen molar-refractivity contribution in [2.24, 2.45) is 0 Å². The molecule has 0 aromatic carbocycles. The van der Waals surface area contributed by atoms with Gasteiger partial charge in [-0.3, -0.25) is 19.2 Å². The first-order valence-electron chi connectivity index (χ1n) is 4.11. The zero-order chi connectivity index (χ0) is 14.4. The molecule has 0 saturated heterocycles. The van der Waals surface area contributed by atoms with Crippen molar-refractivity contribution in [3.63, 3.8) is 0 Å². The number of aliphatic hydroxyl groups is 1. The molecular formula is C6H7NO9S2. The first kappa shape index (κ1) is 14.7. The molecule has 102 valence electrons. The molecular weight excluding hydrogens is 294 g/mol. The molecule has 1 atom stereocenters. The third-order valence-corrected chi connectivity index (χ3v) is 3.81. The fraction of sp³-hybridized carbons (Fsp3) is 0.333. The zero-order valence-corrected chi connectivity index (χ0v) is 10.0. The van der Waals surface area contributed by atoms with Crippen LogP contribution in [-0.2, 0) is 20.2 Å². The van der Waals surface area contributed by atoms with Crippen molar-refractivity contribution in [3.8, 4) is 0 Å². The van der Waals surface area contributed by atoms with Gasteiger partial charge in [-0.2, -0.15) is 16.8 Å². The standard InChI is InChI=1S/C6H7NO9S2/c8-6(7(9)10)2-4(17(11,12)13)1-5(3-6)18(14,15)16/h1-2,8H,3H2,(H,11,12,13)(H,14,15,16). The highest BCUT2D eigenvalue weighted by molar-refractivity contribution is 7.91. The van der Waals surface area contributed by atoms with Gasteiger partial charge in [0.15, 0.2) is 0 Å². The lowest BCUT2D eigenvalue weighted by atomic mass is 10.1. The van der Waals surface area contributed by atoms with Crippen molar-refractivity contribution in [3.05, 3.63) is 32.1 Å². The van der Waals surface area contributed by atoms with Crippen LogP contribution in [-0.4, -0.2) is 41.7 Å². The van der Waals surface area contributed by atoms with Crippen LogP contribution >= 0.6 is 0 Å². The quantitative estimate of drug-likeness (QED) is 0.253. The van der Waals surface area contributed by atoms with E-state index in [0.29, 0.717) is 6.08 Å². The summed E-state index contributed by atoms with van der Waals surface area (Å²) in [5, 5.41) is 20.0. The molecule has 1 aliphatic rings. The zero-order valence-electron chi connectivity index (χ0n) is 8.42. The molecule has 0 radical (unpaired) electrons. The van der Waals surface area contributed by atoms with Gasteiger partial charge in [0.2, 0.25) is 0 Å². The molecule has 1 aliphatic carbocycles. The second-order valence-corrected chi connectivity index (χ2v) is 6.32. The molecule has 0 heterocycles. The Labute approximate surface area is 101 Å². The number of rotatable bonds is 3. The minimum Gasteiger partial charge on any atom is -0.327 e. The molecule has 0 fully saturated rings. The fourth-order valence-corrected chi connectivity index (χ4v) is 2.59. The Morgan fingerprint density at radius 1 is 1.22 bits per heavy atom. The van der Waals surface area contributed by atoms with Crippen molar-refractivity contribution in [2.45, 2.75) is 12.1 Å². The minimum absolute atomic E-state index is 0.178. The molecule has 1 rings (SSSR count). The summed E-state index contributed by atoms with van der Waals surface area (Å²) in [6.07, 6.45) is -0.655. The van der Waals surface area contributed by atoms with E-state index in [1.165, 1.54) is 0 Å². The summed E-state index contributed by atoms with van der Waals surface area (Å²) in [7, 11) is -9.92. The number of hydrogen-bond donors (Lipinski definition) is 3. The van der Waals surface area contributed by atoms with E-state index in [4.69, 9.17) is 9.11 Å². The smallest absolute Gasteiger partial charge is 0.327 e. The van der Waals surface area contributed by atoms with Crippen LogP contribution in [0.5, 0.6) is 0 Å². The van der Waals surface area contributed by atoms with Crippen LogP contribution in [0.3, 0.4) is 0 Å². The third kappa shape index (κ3) is 2.91. The normalized spacial score (nSPS) is 25.3. The second kappa shape index (κ2) is 4.10. The summed E-state index contributed by atoms with van der Waals surface area (Å²) in [5.74, 6) is 0. The lowest BCUT2D eigenvalue weighted by Crippen LogP contribution is -2.39. The van der Waals surface area contributed by atoms with Crippen LogP contribution < -0.4 is 0 Å². The fourth-order valence-electron chi connectivity index (χ4n) is 1.22. The van der Waals surface area contributed by atoms with Crippen LogP contribution in [0.2, 0.25) is 0 Å². The van der Waals surface area contributed by atoms with Crippen molar-refractivity contribution >= 4 is 20.2 Å². The second-order valence-electron chi connectivity index (χ2n) is 3.42. The first-order chi connectivity index (χ1) is 7.86. The summed E-state index contributed by atoms with van der Waals surface area (Å²) in [5.41, 5.74) is -3.05. The molecule has 10 nitrogen and oxygen atoms in total. The van der Waals surface area contributed by atoms with Crippen LogP contribution in [0.4, 0.5) is 0 Å². The molecule has 0 aliphatic heterocycles. The Morgan fingerprint density at radius 2 is 1.72 bits per heavy atom. The summed E-state index contributed by atoms with van der Waals surface area (Å²) < 4.78 is 60.6. The lowest BCUT2D eigenvalue weighted by molar-refractivity contribution is -0.607. The van der Waals surface area contributed by atoms with E-state index in [2.05, 4.69) is 0 Å². The average molecular weight is 301 g/mol. The Balaban J connectivity index is 3.53. The van der Waals surface area contributed by atoms with E-state index >= 15 is 0 Å². The maximum atomic E-state index is 10.8. The van der Waals surface area contributed by atoms with E-state index < -0.39 is 47.1 Å². The molecule has 0 bridgehead atoms. The number of nitro groups is 1. The van der Waals surface area contributed by atoms with Gasteiger partial charge in [0.25, 0.3) is 20.2 Å². The highest BCUT2D eigenvalue weighted by atomic mass is 32.2. The molecule has 0 saturated carbocycles. The molecule has 18 heavy (non-hydrogen) atoms. The van der Waals surface area contributed by atoms with Crippen LogP contribution in [0.25, 0.3) is 0 Å². The summed E-state index contributed by atoms with van der Waals surface area (Å²) in [6.45, 7) is 0. The van der Waals surface area contributed by atoms with Crippen LogP contribution in [0.1, 0.15) is 6.42 Å². The highest BCUT2D eigenvalue weighted by Gasteiger charge is 2.46. The molecule has 12 heteroatoms. The summed E-state index contributed by atoms with van der Waals surface area (Å²) in [4.78, 5) is 6.91. The largest absolute Gasteiger partial charge is 0.348 e. The topological polar surface area (TPSA) is 172 Å². The van der Waals surface area contributed by atoms with Crippen LogP contribution in [0.15, 0.2) is 22.0 Å². The third-order valence-electron chi connectivity index (χ3n) is 2.06. The highest BCUT2D eigenvalue weighted by Crippen LogP contribution is 2.31. The van der Waals surface area contributed by atoms with Gasteiger partial charge < -0.3 is 5.11 Å². The van der Waals surface area contributed by atoms with E-state index in [9.17, 15) is 32.1 Å². The summed E-state index contributed by atoms with van der Waals surface area (Å²) >= 11 is 0. The van der Waals surface area contributed by atoms with Crippen molar-refractivity contribution < 1.29 is 36.0 Å². The van der Waals surface area contributed by atoms with Gasteiger partial charge in [-0.05, 0) is 6.08 Å². The van der Waals surface area contributed by atoms with E-state index in [1.807, 2.05) is 0 Å². The molecule has 1 unspecified atom stereocenters. The van der Waals surface area contributed by atoms with Crippen molar-refractivity contribution in [1.29, 1.82) is 0 Å². The number of allylic oxidation sites excluding steroid dienone is 1. The lowest BCUT2D eigenvalue weighted by Gasteiger charge is -2.20. The van der Waals surface area contributed by atoms with E-state index in [-0.39, 0.29) is 6.08 Å². The van der Waals surface area contributed by atoms with Crippen molar-refractivity contribution in [1.82, 2.24) is 0 Å². The molecule has 0 spiro atoms. The van der Waals surface area contributed by atoms with Gasteiger partial charge in [0, 0.05) is 6.08 Å². The van der Waals surface area contributed by atoms with Gasteiger partial charge in [0.1, 0.15) is 4.91 Å². The monoisotopic (exact) mass is 301 g/mol. The van der Waals surface area contributed by atoms with Gasteiger partial charge >= 0.3 is 5.72 Å². The van der Waals surface area contributed by atoms with Crippen molar-refractivity contribution in [2.75, 3.05) is 0 Å². The SMILES string of the molecule is O=[N+]([O-])C1(O)C=C(S(=O)(=O)O)C=C(S(=O)(=O)O)C1. The summed E-state index contributed by atoms with van der Waals surface area (Å²) in [6, 6.07) is 0. The predicted octanol–water partition coefficient (Wildman–Crippen LogP) is -1.10. The van der Waals surface area contributed by atoms with E-state index in [0.717, 1.165) is 0 Å². The Kier molecular flexibility index (Phi) is 3.35. The minimum atomic E-state index is -4.98. The van der Waals surface area contributed by atoms with Gasteiger partial charge in [-0.1, -0.05) is 0 Å². The molecule has 0 amide bonds. The molecule has 0 aromatic heterocycles. The predicted molar refractivity (Wildman–Crippen MR) is 55.8 cm³/mol. The molecule has 0 aromatic rings. The Hall–Kier alpha value is -1.34. The molecule has 3 N–H and O–H groups in total. The average Bonchev–Trinajstić information content (AvgIpc) is 2.13. The van der Waals surface area contributed by atoms with Gasteiger partial charge in [-0.15, -0.1) is 0 Å². The van der Waals surface area contributed by atoms with Gasteiger partial charge in [-0.25, -0.2) is 0 Å². The van der Waals surface area contributed by atoms with E-state index in [1.54, 1.807) is 0 Å². The van der Waals surface area contributed by atoms with Gasteiger partial charge in [0.05, 0.1) is 16.2 Å². The maximum absolute atomic E-state index is 10.8. The Morgan fingerprint density at radius 3 is 2.06 bits per heavy atom. The number of nitrogens with zero attached hydrogens (tertiary/aromatic N) is 1. The maximum Gasteiger partial charge on any atom is 0.348 e.